The van der Waals surface area contributed by atoms with Gasteiger partial charge in [0.05, 0.1) is 0 Å². The van der Waals surface area contributed by atoms with Crippen molar-refractivity contribution in [3.8, 4) is 11.1 Å². The molecule has 0 radical (unpaired) electrons. The molecule has 2 aromatic carbocycles. The van der Waals surface area contributed by atoms with E-state index in [4.69, 9.17) is 0 Å². The maximum Gasteiger partial charge on any atom is -0.00106 e. The van der Waals surface area contributed by atoms with Gasteiger partial charge in [0.1, 0.15) is 0 Å². The van der Waals surface area contributed by atoms with Gasteiger partial charge in [0.2, 0.25) is 0 Å². The van der Waals surface area contributed by atoms with Crippen LogP contribution in [0.4, 0.5) is 0 Å². The van der Waals surface area contributed by atoms with Gasteiger partial charge in [-0.05, 0) is 83.9 Å². The zero-order valence-electron chi connectivity index (χ0n) is 16.5. The van der Waals surface area contributed by atoms with E-state index in [2.05, 4.69) is 51.1 Å². The van der Waals surface area contributed by atoms with Crippen LogP contribution < -0.4 is 0 Å². The minimum Gasteiger partial charge on any atom is -0.0654 e. The van der Waals surface area contributed by atoms with Crippen molar-refractivity contribution in [1.82, 2.24) is 0 Å². The van der Waals surface area contributed by atoms with Crippen LogP contribution >= 0.6 is 0 Å². The number of fused-ring (bicyclic) bond motifs is 3. The van der Waals surface area contributed by atoms with E-state index in [1.807, 2.05) is 0 Å². The molecule has 1 aliphatic carbocycles. The van der Waals surface area contributed by atoms with Crippen LogP contribution in [0.5, 0.6) is 0 Å². The molecule has 0 aromatic heterocycles. The third kappa shape index (κ3) is 3.84. The average molecular weight is 335 g/mol. The third-order valence-electron chi connectivity index (χ3n) is 5.79. The van der Waals surface area contributed by atoms with Gasteiger partial charge in [-0.2, -0.15) is 0 Å². The molecule has 2 aromatic rings. The lowest BCUT2D eigenvalue weighted by atomic mass is 9.85. The molecular weight excluding hydrogens is 300 g/mol. The Morgan fingerprint density at radius 2 is 1.36 bits per heavy atom. The molecule has 0 fully saturated rings. The van der Waals surface area contributed by atoms with Crippen molar-refractivity contribution in [3.05, 3.63) is 58.1 Å². The van der Waals surface area contributed by atoms with E-state index < -0.39 is 0 Å². The van der Waals surface area contributed by atoms with Gasteiger partial charge in [-0.3, -0.25) is 0 Å². The Bertz CT molecular complexity index is 708. The molecule has 0 unspecified atom stereocenters. The summed E-state index contributed by atoms with van der Waals surface area (Å²) in [4.78, 5) is 0. The summed E-state index contributed by atoms with van der Waals surface area (Å²) in [5.41, 5.74) is 11.3. The lowest BCUT2D eigenvalue weighted by molar-refractivity contribution is 0.731. The van der Waals surface area contributed by atoms with Crippen molar-refractivity contribution in [2.75, 3.05) is 0 Å². The van der Waals surface area contributed by atoms with Crippen LogP contribution in [0.15, 0.2) is 30.3 Å². The molecule has 0 aliphatic heterocycles. The van der Waals surface area contributed by atoms with Gasteiger partial charge in [-0.1, -0.05) is 70.4 Å². The van der Waals surface area contributed by atoms with Crippen molar-refractivity contribution in [2.24, 2.45) is 0 Å². The second-order valence-corrected chi connectivity index (χ2v) is 7.66. The van der Waals surface area contributed by atoms with Crippen molar-refractivity contribution >= 4 is 0 Å². The summed E-state index contributed by atoms with van der Waals surface area (Å²) >= 11 is 0. The highest BCUT2D eigenvalue weighted by molar-refractivity contribution is 5.79. The number of hydrogen-bond acceptors (Lipinski definition) is 0. The maximum absolute atomic E-state index is 2.57. The van der Waals surface area contributed by atoms with E-state index >= 15 is 0 Å². The zero-order chi connectivity index (χ0) is 17.6. The Labute approximate surface area is 154 Å². The van der Waals surface area contributed by atoms with Crippen LogP contribution in [0.3, 0.4) is 0 Å². The molecule has 0 heteroatoms. The standard InChI is InChI=1S/C25H34/c1-4-7-12-19-17-24-22-16-11-10-13-20(22)18-25(24)23(15-9-6-3)21(19)14-8-5-2/h10-11,13,16-17H,4-9,12,14-15,18H2,1-3H3. The molecule has 0 heterocycles. The van der Waals surface area contributed by atoms with Gasteiger partial charge >= 0.3 is 0 Å². The predicted octanol–water partition coefficient (Wildman–Crippen LogP) is 7.29. The smallest absolute Gasteiger partial charge is 0.00106 e. The normalized spacial score (nSPS) is 12.3. The number of unbranched alkanes of at least 4 members (excludes halogenated alkanes) is 3. The lowest BCUT2D eigenvalue weighted by Crippen LogP contribution is -2.06. The Hall–Kier alpha value is -1.56. The Balaban J connectivity index is 2.11. The summed E-state index contributed by atoms with van der Waals surface area (Å²) in [7, 11) is 0. The van der Waals surface area contributed by atoms with Gasteiger partial charge in [-0.15, -0.1) is 0 Å². The van der Waals surface area contributed by atoms with Crippen LogP contribution in [-0.4, -0.2) is 0 Å². The molecule has 0 nitrogen and oxygen atoms in total. The lowest BCUT2D eigenvalue weighted by Gasteiger charge is -2.20. The predicted molar refractivity (Wildman–Crippen MR) is 111 cm³/mol. The van der Waals surface area contributed by atoms with Crippen LogP contribution in [0.2, 0.25) is 0 Å². The van der Waals surface area contributed by atoms with Crippen LogP contribution in [-0.2, 0) is 25.7 Å². The van der Waals surface area contributed by atoms with Gasteiger partial charge in [-0.25, -0.2) is 0 Å². The monoisotopic (exact) mass is 334 g/mol. The second-order valence-electron chi connectivity index (χ2n) is 7.66. The Kier molecular flexibility index (Phi) is 6.34. The molecule has 0 amide bonds. The third-order valence-corrected chi connectivity index (χ3v) is 5.79. The first-order valence-electron chi connectivity index (χ1n) is 10.5. The Morgan fingerprint density at radius 3 is 2.08 bits per heavy atom. The summed E-state index contributed by atoms with van der Waals surface area (Å²) in [6.45, 7) is 6.95. The van der Waals surface area contributed by atoms with E-state index in [1.54, 1.807) is 27.8 Å². The first-order valence-corrected chi connectivity index (χ1v) is 10.5. The fraction of sp³-hybridized carbons (Fsp3) is 0.520. The number of benzene rings is 2. The summed E-state index contributed by atoms with van der Waals surface area (Å²) in [6.07, 6.45) is 12.8. The number of rotatable bonds is 9. The van der Waals surface area contributed by atoms with Gasteiger partial charge < -0.3 is 0 Å². The molecule has 0 bridgehead atoms. The average Bonchev–Trinajstić information content (AvgIpc) is 3.01. The topological polar surface area (TPSA) is 0 Å². The van der Waals surface area contributed by atoms with E-state index in [0.717, 1.165) is 6.42 Å². The largest absolute Gasteiger partial charge is 0.0654 e. The van der Waals surface area contributed by atoms with Gasteiger partial charge in [0.25, 0.3) is 0 Å². The van der Waals surface area contributed by atoms with Crippen molar-refractivity contribution in [1.29, 1.82) is 0 Å². The maximum atomic E-state index is 2.57. The fourth-order valence-corrected chi connectivity index (χ4v) is 4.37. The highest BCUT2D eigenvalue weighted by Crippen LogP contribution is 2.42. The fourth-order valence-electron chi connectivity index (χ4n) is 4.37. The number of aryl methyl sites for hydroxylation is 1. The highest BCUT2D eigenvalue weighted by atomic mass is 14.3. The molecule has 134 valence electrons. The molecule has 0 spiro atoms. The summed E-state index contributed by atoms with van der Waals surface area (Å²) in [5, 5.41) is 0. The van der Waals surface area contributed by atoms with Crippen LogP contribution in [0.1, 0.15) is 87.1 Å². The van der Waals surface area contributed by atoms with Crippen LogP contribution in [0, 0.1) is 0 Å². The summed E-state index contributed by atoms with van der Waals surface area (Å²) < 4.78 is 0. The molecule has 1 aliphatic rings. The second kappa shape index (κ2) is 8.70. The number of hydrogen-bond donors (Lipinski definition) is 0. The van der Waals surface area contributed by atoms with Crippen molar-refractivity contribution in [2.45, 2.75) is 85.0 Å². The van der Waals surface area contributed by atoms with Crippen molar-refractivity contribution < 1.29 is 0 Å². The zero-order valence-corrected chi connectivity index (χ0v) is 16.5. The van der Waals surface area contributed by atoms with E-state index in [-0.39, 0.29) is 0 Å². The molecule has 25 heavy (non-hydrogen) atoms. The summed E-state index contributed by atoms with van der Waals surface area (Å²) in [6, 6.07) is 11.6. The first kappa shape index (κ1) is 18.2. The Morgan fingerprint density at radius 1 is 0.720 bits per heavy atom. The quantitative estimate of drug-likeness (QED) is 0.385. The molecule has 0 atom stereocenters. The molecule has 0 N–H and O–H groups in total. The van der Waals surface area contributed by atoms with Crippen molar-refractivity contribution in [3.63, 3.8) is 0 Å². The molecule has 3 rings (SSSR count). The highest BCUT2D eigenvalue weighted by Gasteiger charge is 2.24. The minimum absolute atomic E-state index is 1.15. The molecule has 0 saturated heterocycles. The van der Waals surface area contributed by atoms with E-state index in [0.29, 0.717) is 0 Å². The molecule has 0 saturated carbocycles. The SMILES string of the molecule is CCCCc1cc2c(c(CCCC)c1CCCC)Cc1ccccc1-2. The van der Waals surface area contributed by atoms with Gasteiger partial charge in [0.15, 0.2) is 0 Å². The summed E-state index contributed by atoms with van der Waals surface area (Å²) in [5.74, 6) is 0. The van der Waals surface area contributed by atoms with Gasteiger partial charge in [0, 0.05) is 0 Å². The minimum atomic E-state index is 1.15. The van der Waals surface area contributed by atoms with E-state index in [1.165, 1.54) is 68.9 Å². The first-order chi connectivity index (χ1) is 12.3. The molecular formula is C25H34. The van der Waals surface area contributed by atoms with Crippen LogP contribution in [0.25, 0.3) is 11.1 Å². The van der Waals surface area contributed by atoms with E-state index in [9.17, 15) is 0 Å².